The van der Waals surface area contributed by atoms with Gasteiger partial charge in [-0.25, -0.2) is 4.79 Å². The molecule has 1 N–H and O–H groups in total. The van der Waals surface area contributed by atoms with Crippen LogP contribution in [-0.2, 0) is 19.1 Å². The molecule has 0 spiro atoms. The molecule has 158 valence electrons. The largest absolute Gasteiger partial charge is 0.467 e. The third kappa shape index (κ3) is 5.13. The molecular weight excluding hydrogens is 388 g/mol. The minimum Gasteiger partial charge on any atom is -0.467 e. The Labute approximate surface area is 176 Å². The van der Waals surface area contributed by atoms with E-state index in [4.69, 9.17) is 4.74 Å². The van der Waals surface area contributed by atoms with Crippen LogP contribution < -0.4 is 5.32 Å². The molecule has 29 heavy (non-hydrogen) atoms. The summed E-state index contributed by atoms with van der Waals surface area (Å²) in [5.74, 6) is 0.0230. The maximum absolute atomic E-state index is 13.2. The number of fused-ring (bicyclic) bond motifs is 1. The Morgan fingerprint density at radius 2 is 1.90 bits per heavy atom. The molecule has 1 aromatic rings. The van der Waals surface area contributed by atoms with Gasteiger partial charge in [-0.3, -0.25) is 9.59 Å². The summed E-state index contributed by atoms with van der Waals surface area (Å²) >= 11 is 1.31. The molecule has 1 aliphatic carbocycles. The average Bonchev–Trinajstić information content (AvgIpc) is 3.12. The number of carbonyl (C=O) groups is 3. The van der Waals surface area contributed by atoms with Crippen LogP contribution in [-0.4, -0.2) is 52.9 Å². The van der Waals surface area contributed by atoms with Crippen molar-refractivity contribution in [1.82, 2.24) is 4.90 Å². The highest BCUT2D eigenvalue weighted by Gasteiger charge is 2.48. The van der Waals surface area contributed by atoms with Gasteiger partial charge in [0.1, 0.15) is 6.04 Å². The van der Waals surface area contributed by atoms with Crippen LogP contribution >= 0.6 is 11.8 Å². The number of ether oxygens (including phenoxy) is 1. The maximum Gasteiger partial charge on any atom is 0.328 e. The van der Waals surface area contributed by atoms with Crippen molar-refractivity contribution in [3.05, 3.63) is 29.8 Å². The second kappa shape index (κ2) is 9.65. The van der Waals surface area contributed by atoms with E-state index in [1.165, 1.54) is 18.9 Å². The molecule has 7 heteroatoms. The summed E-state index contributed by atoms with van der Waals surface area (Å²) in [6.07, 6.45) is 4.92. The molecule has 2 fully saturated rings. The first-order chi connectivity index (χ1) is 13.9. The second-order valence-corrected chi connectivity index (χ2v) is 9.33. The van der Waals surface area contributed by atoms with Crippen molar-refractivity contribution < 1.29 is 19.1 Å². The van der Waals surface area contributed by atoms with E-state index in [0.717, 1.165) is 36.9 Å². The second-order valence-electron chi connectivity index (χ2n) is 8.00. The molecular formula is C22H30N2O4S. The van der Waals surface area contributed by atoms with Crippen molar-refractivity contribution in [2.24, 2.45) is 5.92 Å². The normalized spacial score (nSPS) is 24.5. The standard InChI is InChI=1S/C22H30N2O4S/c1-14-8-10-17(11-9-14)23-20(25)13-29-15(2)21(26)24-18-7-5-4-6-16(18)12-19(24)22(27)28-3/h8-11,15-16,18-19H,4-7,12-13H2,1-3H3,(H,23,25). The Kier molecular flexibility index (Phi) is 7.22. The highest BCUT2D eigenvalue weighted by Crippen LogP contribution is 2.41. The van der Waals surface area contributed by atoms with E-state index in [-0.39, 0.29) is 29.6 Å². The van der Waals surface area contributed by atoms with E-state index >= 15 is 0 Å². The van der Waals surface area contributed by atoms with Crippen LogP contribution in [0.4, 0.5) is 5.69 Å². The molecule has 4 unspecified atom stereocenters. The van der Waals surface area contributed by atoms with Crippen molar-refractivity contribution in [2.75, 3.05) is 18.2 Å². The number of carbonyl (C=O) groups excluding carboxylic acids is 3. The minimum absolute atomic E-state index is 0.0667. The zero-order valence-electron chi connectivity index (χ0n) is 17.3. The zero-order valence-corrected chi connectivity index (χ0v) is 18.2. The molecule has 1 aliphatic heterocycles. The molecule has 4 atom stereocenters. The molecule has 3 rings (SSSR count). The number of thioether (sulfide) groups is 1. The van der Waals surface area contributed by atoms with Gasteiger partial charge in [0, 0.05) is 11.7 Å². The van der Waals surface area contributed by atoms with Crippen LogP contribution in [0.15, 0.2) is 24.3 Å². The fourth-order valence-corrected chi connectivity index (χ4v) is 5.18. The lowest BCUT2D eigenvalue weighted by Crippen LogP contribution is -2.49. The third-order valence-corrected chi connectivity index (χ3v) is 7.09. The van der Waals surface area contributed by atoms with E-state index in [0.29, 0.717) is 12.3 Å². The van der Waals surface area contributed by atoms with Crippen LogP contribution in [0.2, 0.25) is 0 Å². The quantitative estimate of drug-likeness (QED) is 0.717. The molecule has 1 saturated carbocycles. The lowest BCUT2D eigenvalue weighted by Gasteiger charge is -2.34. The van der Waals surface area contributed by atoms with E-state index in [1.807, 2.05) is 38.1 Å². The molecule has 6 nitrogen and oxygen atoms in total. The molecule has 0 radical (unpaired) electrons. The first-order valence-electron chi connectivity index (χ1n) is 10.3. The van der Waals surface area contributed by atoms with Gasteiger partial charge >= 0.3 is 5.97 Å². The molecule has 1 aromatic carbocycles. The van der Waals surface area contributed by atoms with E-state index < -0.39 is 11.3 Å². The summed E-state index contributed by atoms with van der Waals surface area (Å²) in [5, 5.41) is 2.46. The number of rotatable bonds is 6. The van der Waals surface area contributed by atoms with Crippen LogP contribution in [0.5, 0.6) is 0 Å². The van der Waals surface area contributed by atoms with Crippen LogP contribution in [0, 0.1) is 12.8 Å². The highest BCUT2D eigenvalue weighted by atomic mass is 32.2. The first kappa shape index (κ1) is 21.7. The van der Waals surface area contributed by atoms with Crippen molar-refractivity contribution >= 4 is 35.2 Å². The van der Waals surface area contributed by atoms with Gasteiger partial charge in [0.25, 0.3) is 0 Å². The van der Waals surface area contributed by atoms with Gasteiger partial charge in [-0.05, 0) is 51.2 Å². The Balaban J connectivity index is 1.59. The highest BCUT2D eigenvalue weighted by molar-refractivity contribution is 8.01. The maximum atomic E-state index is 13.2. The molecule has 1 saturated heterocycles. The van der Waals surface area contributed by atoms with Gasteiger partial charge in [-0.15, -0.1) is 11.8 Å². The molecule has 0 aromatic heterocycles. The first-order valence-corrected chi connectivity index (χ1v) is 11.3. The monoisotopic (exact) mass is 418 g/mol. The summed E-state index contributed by atoms with van der Waals surface area (Å²) in [6.45, 7) is 3.81. The van der Waals surface area contributed by atoms with E-state index in [9.17, 15) is 14.4 Å². The number of anilines is 1. The SMILES string of the molecule is COC(=O)C1CC2CCCCC2N1C(=O)C(C)SCC(=O)Nc1ccc(C)cc1. The number of methoxy groups -OCH3 is 1. The Hall–Kier alpha value is -2.02. The Morgan fingerprint density at radius 3 is 2.59 bits per heavy atom. The number of nitrogens with zero attached hydrogens (tertiary/aromatic N) is 1. The van der Waals surface area contributed by atoms with Gasteiger partial charge in [0.2, 0.25) is 11.8 Å². The summed E-state index contributed by atoms with van der Waals surface area (Å²) in [6, 6.07) is 7.22. The van der Waals surface area contributed by atoms with Crippen LogP contribution in [0.3, 0.4) is 0 Å². The summed E-state index contributed by atoms with van der Waals surface area (Å²) in [7, 11) is 1.38. The summed E-state index contributed by atoms with van der Waals surface area (Å²) < 4.78 is 4.97. The lowest BCUT2D eigenvalue weighted by atomic mass is 9.84. The fraction of sp³-hybridized carbons (Fsp3) is 0.591. The smallest absolute Gasteiger partial charge is 0.328 e. The topological polar surface area (TPSA) is 75.7 Å². The van der Waals surface area contributed by atoms with Gasteiger partial charge in [0.15, 0.2) is 0 Å². The predicted octanol–water partition coefficient (Wildman–Crippen LogP) is 3.39. The molecule has 1 heterocycles. The third-order valence-electron chi connectivity index (χ3n) is 5.96. The Bertz CT molecular complexity index is 752. The van der Waals surface area contributed by atoms with Gasteiger partial charge in [0.05, 0.1) is 18.1 Å². The number of hydrogen-bond donors (Lipinski definition) is 1. The Morgan fingerprint density at radius 1 is 1.21 bits per heavy atom. The van der Waals surface area contributed by atoms with Crippen LogP contribution in [0.25, 0.3) is 0 Å². The van der Waals surface area contributed by atoms with Crippen molar-refractivity contribution in [3.8, 4) is 0 Å². The summed E-state index contributed by atoms with van der Waals surface area (Å²) in [4.78, 5) is 39.5. The predicted molar refractivity (Wildman–Crippen MR) is 115 cm³/mol. The number of likely N-dealkylation sites (tertiary alicyclic amines) is 1. The number of amides is 2. The van der Waals surface area contributed by atoms with E-state index in [2.05, 4.69) is 5.32 Å². The minimum atomic E-state index is -0.495. The number of hydrogen-bond acceptors (Lipinski definition) is 5. The molecule has 2 amide bonds. The number of aryl methyl sites for hydroxylation is 1. The fourth-order valence-electron chi connectivity index (χ4n) is 4.44. The van der Waals surface area contributed by atoms with Crippen molar-refractivity contribution in [2.45, 2.75) is 63.3 Å². The van der Waals surface area contributed by atoms with Gasteiger partial charge in [-0.2, -0.15) is 0 Å². The number of esters is 1. The zero-order chi connectivity index (χ0) is 21.0. The van der Waals surface area contributed by atoms with E-state index in [1.54, 1.807) is 4.90 Å². The molecule has 0 bridgehead atoms. The number of benzene rings is 1. The molecule has 2 aliphatic rings. The number of nitrogens with one attached hydrogen (secondary N) is 1. The van der Waals surface area contributed by atoms with Gasteiger partial charge in [-0.1, -0.05) is 30.5 Å². The van der Waals surface area contributed by atoms with Crippen LogP contribution in [0.1, 0.15) is 44.6 Å². The average molecular weight is 419 g/mol. The van der Waals surface area contributed by atoms with Crippen molar-refractivity contribution in [1.29, 1.82) is 0 Å². The van der Waals surface area contributed by atoms with Crippen molar-refractivity contribution in [3.63, 3.8) is 0 Å². The lowest BCUT2D eigenvalue weighted by molar-refractivity contribution is -0.152. The summed E-state index contributed by atoms with van der Waals surface area (Å²) in [5.41, 5.74) is 1.87. The van der Waals surface area contributed by atoms with Gasteiger partial charge < -0.3 is 15.0 Å².